The molecule has 0 radical (unpaired) electrons. The number of benzene rings is 2. The number of hydrogen-bond donors (Lipinski definition) is 1. The van der Waals surface area contributed by atoms with E-state index in [0.717, 1.165) is 23.4 Å². The molecule has 3 aromatic rings. The van der Waals surface area contributed by atoms with E-state index < -0.39 is 0 Å². The van der Waals surface area contributed by atoms with Gasteiger partial charge in [0.05, 0.1) is 12.3 Å². The molecule has 0 saturated carbocycles. The smallest absolute Gasteiger partial charge is 0.257 e. The van der Waals surface area contributed by atoms with E-state index in [1.54, 1.807) is 24.3 Å². The molecule has 5 heteroatoms. The van der Waals surface area contributed by atoms with Gasteiger partial charge in [0.1, 0.15) is 5.75 Å². The number of nitrogens with zero attached hydrogens (tertiary/aromatic N) is 1. The Balaban J connectivity index is 1.65. The number of aromatic nitrogens is 1. The zero-order valence-electron chi connectivity index (χ0n) is 15.9. The second-order valence-corrected chi connectivity index (χ2v) is 7.60. The highest BCUT2D eigenvalue weighted by Gasteiger charge is 2.10. The minimum absolute atomic E-state index is 0.175. The van der Waals surface area contributed by atoms with Crippen LogP contribution in [-0.2, 0) is 6.42 Å². The molecule has 1 heterocycles. The molecule has 4 nitrogen and oxygen atoms in total. The first-order chi connectivity index (χ1) is 13.0. The summed E-state index contributed by atoms with van der Waals surface area (Å²) < 4.78 is 5.40. The fraction of sp³-hybridized carbons (Fsp3) is 0.273. The number of carbonyl (C=O) groups is 1. The molecule has 0 bridgehead atoms. The number of amides is 1. The predicted molar refractivity (Wildman–Crippen MR) is 112 cm³/mol. The van der Waals surface area contributed by atoms with E-state index >= 15 is 0 Å². The van der Waals surface area contributed by atoms with Crippen molar-refractivity contribution >= 4 is 22.4 Å². The lowest BCUT2D eigenvalue weighted by Gasteiger charge is -2.05. The molecule has 0 atom stereocenters. The molecule has 27 heavy (non-hydrogen) atoms. The Hall–Kier alpha value is -2.66. The third-order valence-electron chi connectivity index (χ3n) is 4.05. The van der Waals surface area contributed by atoms with Crippen LogP contribution in [0.4, 0.5) is 5.13 Å². The number of nitrogens with one attached hydrogen (secondary N) is 1. The number of ether oxygens (including phenoxy) is 1. The van der Waals surface area contributed by atoms with Crippen molar-refractivity contribution in [1.29, 1.82) is 0 Å². The Bertz CT molecular complexity index is 883. The second kappa shape index (κ2) is 8.82. The van der Waals surface area contributed by atoms with Gasteiger partial charge in [-0.05, 0) is 49.1 Å². The first-order valence-corrected chi connectivity index (χ1v) is 10.0. The van der Waals surface area contributed by atoms with Gasteiger partial charge in [0.2, 0.25) is 0 Å². The fourth-order valence-corrected chi connectivity index (χ4v) is 3.50. The van der Waals surface area contributed by atoms with Gasteiger partial charge in [-0.3, -0.25) is 10.1 Å². The van der Waals surface area contributed by atoms with Gasteiger partial charge < -0.3 is 4.74 Å². The predicted octanol–water partition coefficient (Wildman–Crippen LogP) is 5.66. The first-order valence-electron chi connectivity index (χ1n) is 9.14. The highest BCUT2D eigenvalue weighted by molar-refractivity contribution is 7.14. The Labute approximate surface area is 164 Å². The number of rotatable bonds is 7. The van der Waals surface area contributed by atoms with E-state index in [0.29, 0.717) is 23.2 Å². The lowest BCUT2D eigenvalue weighted by atomic mass is 10.0. The lowest BCUT2D eigenvalue weighted by Crippen LogP contribution is -2.11. The van der Waals surface area contributed by atoms with Gasteiger partial charge in [-0.2, -0.15) is 0 Å². The van der Waals surface area contributed by atoms with E-state index in [2.05, 4.69) is 48.4 Å². The molecule has 0 unspecified atom stereocenters. The van der Waals surface area contributed by atoms with Crippen molar-refractivity contribution in [3.8, 4) is 17.0 Å². The van der Waals surface area contributed by atoms with Gasteiger partial charge in [-0.1, -0.05) is 38.1 Å². The van der Waals surface area contributed by atoms with Gasteiger partial charge in [-0.15, -0.1) is 11.3 Å². The normalized spacial score (nSPS) is 10.8. The molecule has 1 N–H and O–H groups in total. The minimum atomic E-state index is -0.175. The van der Waals surface area contributed by atoms with Gasteiger partial charge in [-0.25, -0.2) is 4.98 Å². The Kier molecular flexibility index (Phi) is 6.24. The van der Waals surface area contributed by atoms with Crippen molar-refractivity contribution < 1.29 is 9.53 Å². The van der Waals surface area contributed by atoms with E-state index in [-0.39, 0.29) is 5.91 Å². The van der Waals surface area contributed by atoms with Gasteiger partial charge in [0.15, 0.2) is 5.13 Å². The molecule has 3 rings (SSSR count). The molecule has 0 aliphatic heterocycles. The van der Waals surface area contributed by atoms with Crippen LogP contribution in [0.15, 0.2) is 53.9 Å². The molecular formula is C22H24N2O2S. The van der Waals surface area contributed by atoms with Crippen LogP contribution in [-0.4, -0.2) is 17.5 Å². The highest BCUT2D eigenvalue weighted by Crippen LogP contribution is 2.26. The maximum Gasteiger partial charge on any atom is 0.257 e. The Morgan fingerprint density at radius 3 is 2.44 bits per heavy atom. The molecule has 1 amide bonds. The number of hydrogen-bond acceptors (Lipinski definition) is 4. The van der Waals surface area contributed by atoms with Crippen molar-refractivity contribution in [1.82, 2.24) is 4.98 Å². The molecule has 0 spiro atoms. The summed E-state index contributed by atoms with van der Waals surface area (Å²) >= 11 is 1.43. The highest BCUT2D eigenvalue weighted by atomic mass is 32.1. The summed E-state index contributed by atoms with van der Waals surface area (Å²) in [5.74, 6) is 1.22. The van der Waals surface area contributed by atoms with Crippen LogP contribution in [0, 0.1) is 5.92 Å². The maximum atomic E-state index is 12.4. The van der Waals surface area contributed by atoms with E-state index in [1.165, 1.54) is 16.9 Å². The zero-order valence-corrected chi connectivity index (χ0v) is 16.7. The van der Waals surface area contributed by atoms with E-state index in [4.69, 9.17) is 4.74 Å². The van der Waals surface area contributed by atoms with Gasteiger partial charge in [0, 0.05) is 16.5 Å². The van der Waals surface area contributed by atoms with Crippen molar-refractivity contribution in [2.75, 3.05) is 11.9 Å². The zero-order chi connectivity index (χ0) is 19.2. The average Bonchev–Trinajstić information content (AvgIpc) is 3.11. The van der Waals surface area contributed by atoms with Crippen molar-refractivity contribution in [2.24, 2.45) is 5.92 Å². The minimum Gasteiger partial charge on any atom is -0.494 e. The quantitative estimate of drug-likeness (QED) is 0.575. The second-order valence-electron chi connectivity index (χ2n) is 6.74. The molecule has 0 aliphatic rings. The van der Waals surface area contributed by atoms with Crippen LogP contribution >= 0.6 is 11.3 Å². The standard InChI is InChI=1S/C22H24N2O2S/c1-4-26-19-11-9-18(10-12-19)21(25)24-22-23-20(14-27-22)17-7-5-16(6-8-17)13-15(2)3/h5-12,14-15H,4,13H2,1-3H3,(H,23,24,25). The van der Waals surface area contributed by atoms with Crippen LogP contribution in [0.5, 0.6) is 5.75 Å². The maximum absolute atomic E-state index is 12.4. The molecule has 2 aromatic carbocycles. The van der Waals surface area contributed by atoms with Crippen LogP contribution in [0.25, 0.3) is 11.3 Å². The molecule has 0 aliphatic carbocycles. The van der Waals surface area contributed by atoms with Crippen LogP contribution < -0.4 is 10.1 Å². The summed E-state index contributed by atoms with van der Waals surface area (Å²) in [6.07, 6.45) is 1.07. The third-order valence-corrected chi connectivity index (χ3v) is 4.80. The van der Waals surface area contributed by atoms with Crippen LogP contribution in [0.2, 0.25) is 0 Å². The molecule has 140 valence electrons. The van der Waals surface area contributed by atoms with Crippen LogP contribution in [0.1, 0.15) is 36.7 Å². The number of carbonyl (C=O) groups excluding carboxylic acids is 1. The molecular weight excluding hydrogens is 356 g/mol. The number of anilines is 1. The molecule has 1 aromatic heterocycles. The van der Waals surface area contributed by atoms with E-state index in [9.17, 15) is 4.79 Å². The largest absolute Gasteiger partial charge is 0.494 e. The van der Waals surface area contributed by atoms with Crippen molar-refractivity contribution in [2.45, 2.75) is 27.2 Å². The fourth-order valence-electron chi connectivity index (χ4n) is 2.79. The average molecular weight is 381 g/mol. The summed E-state index contributed by atoms with van der Waals surface area (Å²) in [5, 5.41) is 5.42. The summed E-state index contributed by atoms with van der Waals surface area (Å²) in [4.78, 5) is 16.9. The van der Waals surface area contributed by atoms with E-state index in [1.807, 2.05) is 12.3 Å². The monoisotopic (exact) mass is 380 g/mol. The summed E-state index contributed by atoms with van der Waals surface area (Å²) in [6, 6.07) is 15.6. The SMILES string of the molecule is CCOc1ccc(C(=O)Nc2nc(-c3ccc(CC(C)C)cc3)cs2)cc1. The van der Waals surface area contributed by atoms with Crippen LogP contribution in [0.3, 0.4) is 0 Å². The lowest BCUT2D eigenvalue weighted by molar-refractivity contribution is 0.102. The van der Waals surface area contributed by atoms with Gasteiger partial charge in [0.25, 0.3) is 5.91 Å². The topological polar surface area (TPSA) is 51.2 Å². The van der Waals surface area contributed by atoms with Gasteiger partial charge >= 0.3 is 0 Å². The van der Waals surface area contributed by atoms with Crippen molar-refractivity contribution in [3.63, 3.8) is 0 Å². The number of thiazole rings is 1. The van der Waals surface area contributed by atoms with Crippen molar-refractivity contribution in [3.05, 3.63) is 65.0 Å². The molecule has 0 saturated heterocycles. The Morgan fingerprint density at radius 2 is 1.81 bits per heavy atom. The Morgan fingerprint density at radius 1 is 1.11 bits per heavy atom. The molecule has 0 fully saturated rings. The summed E-state index contributed by atoms with van der Waals surface area (Å²) in [7, 11) is 0. The third kappa shape index (κ3) is 5.17. The first kappa shape index (κ1) is 19.1. The summed E-state index contributed by atoms with van der Waals surface area (Å²) in [5.41, 5.74) is 3.83. The summed E-state index contributed by atoms with van der Waals surface area (Å²) in [6.45, 7) is 6.96.